The van der Waals surface area contributed by atoms with Crippen molar-refractivity contribution in [2.75, 3.05) is 26.4 Å². The molecule has 2 amide bonds. The molecule has 3 saturated heterocycles. The maximum atomic E-state index is 13.3. The first-order valence-electron chi connectivity index (χ1n) is 30.6. The van der Waals surface area contributed by atoms with Crippen molar-refractivity contribution in [3.05, 3.63) is 12.2 Å². The van der Waals surface area contributed by atoms with Gasteiger partial charge in [0.1, 0.15) is 67.1 Å². The highest BCUT2D eigenvalue weighted by Gasteiger charge is 2.60. The van der Waals surface area contributed by atoms with Gasteiger partial charge in [0.25, 0.3) is 5.79 Å². The van der Waals surface area contributed by atoms with E-state index >= 15 is 0 Å². The standard InChI is InChI=1S/C58H106N2O21/c1-4-6-8-10-12-14-16-18-20-21-23-25-27-29-31-40(65)39(60-45(68)32-30-28-26-24-22-19-17-15-13-11-9-7-5-2)37-76-55-50(72)49(71)52(44(36-63)78-55)79-56-51(73)54(48(70)43(35-62)77-56)81-58(57(74)75)33-41(66)46(59-38(3)64)53(80-58)47(69)42(67)34-61/h29,31,39-44,46-56,61-63,65-67,69-73H,4-28,30,32-37H2,1-3H3,(H,59,64)(H,60,68)(H,74,75)/b31-29+. The fraction of sp³-hybridized carbons (Fsp3) is 0.914. The van der Waals surface area contributed by atoms with Crippen LogP contribution in [-0.4, -0.2) is 215 Å². The molecule has 3 rings (SSSR count). The zero-order valence-corrected chi connectivity index (χ0v) is 48.6. The molecule has 0 saturated carbocycles. The van der Waals surface area contributed by atoms with Crippen LogP contribution in [0.3, 0.4) is 0 Å². The van der Waals surface area contributed by atoms with E-state index in [1.165, 1.54) is 109 Å². The molecule has 3 heterocycles. The minimum absolute atomic E-state index is 0.204. The lowest BCUT2D eigenvalue weighted by atomic mass is 9.88. The minimum Gasteiger partial charge on any atom is -0.477 e. The number of unbranched alkanes of at least 4 members (excludes halogenated alkanes) is 24. The molecule has 81 heavy (non-hydrogen) atoms. The summed E-state index contributed by atoms with van der Waals surface area (Å²) in [6.45, 7) is 2.09. The molecule has 474 valence electrons. The molecule has 14 N–H and O–H groups in total. The van der Waals surface area contributed by atoms with Gasteiger partial charge < -0.3 is 100 Å². The third kappa shape index (κ3) is 25.1. The molecule has 3 aliphatic heterocycles. The molecular weight excluding hydrogens is 1060 g/mol. The first-order valence-corrected chi connectivity index (χ1v) is 30.6. The highest BCUT2D eigenvalue weighted by molar-refractivity contribution is 5.77. The first kappa shape index (κ1) is 72.7. The highest BCUT2D eigenvalue weighted by atomic mass is 16.8. The molecule has 18 unspecified atom stereocenters. The zero-order valence-electron chi connectivity index (χ0n) is 48.6. The van der Waals surface area contributed by atoms with Crippen molar-refractivity contribution < 1.29 is 104 Å². The summed E-state index contributed by atoms with van der Waals surface area (Å²) in [6, 6.07) is -2.61. The monoisotopic (exact) mass is 1170 g/mol. The number of allylic oxidation sites excluding steroid dienone is 1. The van der Waals surface area contributed by atoms with E-state index in [1.807, 2.05) is 6.08 Å². The third-order valence-corrected chi connectivity index (χ3v) is 15.7. The van der Waals surface area contributed by atoms with E-state index in [2.05, 4.69) is 24.5 Å². The van der Waals surface area contributed by atoms with E-state index < -0.39 is 155 Å². The summed E-state index contributed by atoms with van der Waals surface area (Å²) in [7, 11) is 0. The summed E-state index contributed by atoms with van der Waals surface area (Å²) in [5.74, 6) is -6.14. The highest BCUT2D eigenvalue weighted by Crippen LogP contribution is 2.38. The molecule has 3 fully saturated rings. The van der Waals surface area contributed by atoms with Crippen LogP contribution >= 0.6 is 0 Å². The largest absolute Gasteiger partial charge is 0.477 e. The fourth-order valence-electron chi connectivity index (χ4n) is 10.8. The molecule has 0 aromatic carbocycles. The number of amides is 2. The zero-order chi connectivity index (χ0) is 59.7. The van der Waals surface area contributed by atoms with Gasteiger partial charge in [0.05, 0.1) is 50.7 Å². The van der Waals surface area contributed by atoms with Crippen LogP contribution in [0.1, 0.15) is 201 Å². The van der Waals surface area contributed by atoms with Gasteiger partial charge in [-0.1, -0.05) is 174 Å². The number of aliphatic hydroxyl groups excluding tert-OH is 11. The van der Waals surface area contributed by atoms with Crippen molar-refractivity contribution in [3.8, 4) is 0 Å². The van der Waals surface area contributed by atoms with Gasteiger partial charge in [-0.15, -0.1) is 0 Å². The van der Waals surface area contributed by atoms with Crippen LogP contribution in [0.4, 0.5) is 0 Å². The molecule has 0 aromatic rings. The Labute approximate surface area is 480 Å². The number of carboxylic acid groups (broad SMARTS) is 1. The third-order valence-electron chi connectivity index (χ3n) is 15.7. The predicted molar refractivity (Wildman–Crippen MR) is 297 cm³/mol. The lowest BCUT2D eigenvalue weighted by molar-refractivity contribution is -0.386. The predicted octanol–water partition coefficient (Wildman–Crippen LogP) is 2.78. The van der Waals surface area contributed by atoms with Crippen LogP contribution < -0.4 is 10.6 Å². The summed E-state index contributed by atoms with van der Waals surface area (Å²) < 4.78 is 34.7. The van der Waals surface area contributed by atoms with Gasteiger partial charge in [0, 0.05) is 19.8 Å². The van der Waals surface area contributed by atoms with E-state index in [1.54, 1.807) is 6.08 Å². The molecule has 23 nitrogen and oxygen atoms in total. The molecule has 0 bridgehead atoms. The van der Waals surface area contributed by atoms with E-state index in [0.717, 1.165) is 51.9 Å². The van der Waals surface area contributed by atoms with Crippen molar-refractivity contribution in [1.82, 2.24) is 10.6 Å². The quantitative estimate of drug-likeness (QED) is 0.0308. The Morgan fingerprint density at radius 2 is 1.15 bits per heavy atom. The number of carbonyl (C=O) groups is 3. The number of carboxylic acids is 1. The van der Waals surface area contributed by atoms with Crippen LogP contribution in [0.2, 0.25) is 0 Å². The topological polar surface area (TPSA) is 373 Å². The normalized spacial score (nSPS) is 30.5. The Balaban J connectivity index is 1.68. The fourth-order valence-corrected chi connectivity index (χ4v) is 10.8. The average molecular weight is 1170 g/mol. The van der Waals surface area contributed by atoms with Gasteiger partial charge in [0.15, 0.2) is 12.6 Å². The Bertz CT molecular complexity index is 1720. The maximum absolute atomic E-state index is 13.3. The van der Waals surface area contributed by atoms with Crippen molar-refractivity contribution >= 4 is 17.8 Å². The molecule has 18 atom stereocenters. The van der Waals surface area contributed by atoms with E-state index in [0.29, 0.717) is 12.8 Å². The number of nitrogens with one attached hydrogen (secondary N) is 2. The SMILES string of the molecule is CCCCCCCCCCCCCC/C=C/C(O)C(COC1OC(CO)C(OC2OC(CO)C(O)C(OC3(C(=O)O)CC(O)C(NC(C)=O)C(C(O)C(O)CO)O3)C2O)C(O)C1O)NC(=O)CCCCCCCCCCCCCCC. The Morgan fingerprint density at radius 1 is 0.642 bits per heavy atom. The number of aliphatic carboxylic acids is 1. The van der Waals surface area contributed by atoms with Crippen LogP contribution in [0, 0.1) is 0 Å². The van der Waals surface area contributed by atoms with Crippen LogP contribution in [0.15, 0.2) is 12.2 Å². The number of aliphatic hydroxyl groups is 11. The molecule has 0 aliphatic carbocycles. The van der Waals surface area contributed by atoms with Gasteiger partial charge >= 0.3 is 5.97 Å². The van der Waals surface area contributed by atoms with Crippen molar-refractivity contribution in [3.63, 3.8) is 0 Å². The maximum Gasteiger partial charge on any atom is 0.364 e. The molecule has 0 aromatic heterocycles. The van der Waals surface area contributed by atoms with Crippen LogP contribution in [-0.2, 0) is 42.8 Å². The minimum atomic E-state index is -3.08. The average Bonchev–Trinajstić information content (AvgIpc) is 3.48. The Kier molecular flexibility index (Phi) is 36.6. The van der Waals surface area contributed by atoms with Crippen molar-refractivity contribution in [2.24, 2.45) is 0 Å². The van der Waals surface area contributed by atoms with Gasteiger partial charge in [-0.2, -0.15) is 0 Å². The number of rotatable bonds is 44. The number of carbonyl (C=O) groups excluding carboxylic acids is 2. The van der Waals surface area contributed by atoms with Crippen LogP contribution in [0.25, 0.3) is 0 Å². The summed E-state index contributed by atoms with van der Waals surface area (Å²) in [5, 5.41) is 135. The van der Waals surface area contributed by atoms with Gasteiger partial charge in [-0.25, -0.2) is 4.79 Å². The smallest absolute Gasteiger partial charge is 0.364 e. The molecule has 0 spiro atoms. The lowest BCUT2D eigenvalue weighted by Gasteiger charge is -2.50. The molecule has 3 aliphatic rings. The Hall–Kier alpha value is -2.53. The summed E-state index contributed by atoms with van der Waals surface area (Å²) in [6.07, 6.45) is 4.22. The number of hydrogen-bond donors (Lipinski definition) is 14. The van der Waals surface area contributed by atoms with Crippen molar-refractivity contribution in [2.45, 2.75) is 310 Å². The molecular formula is C58H106N2O21. The van der Waals surface area contributed by atoms with Gasteiger partial charge in [0.2, 0.25) is 11.8 Å². The van der Waals surface area contributed by atoms with Crippen molar-refractivity contribution in [1.29, 1.82) is 0 Å². The second-order valence-corrected chi connectivity index (χ2v) is 22.6. The van der Waals surface area contributed by atoms with Gasteiger partial charge in [-0.3, -0.25) is 9.59 Å². The van der Waals surface area contributed by atoms with E-state index in [-0.39, 0.29) is 12.3 Å². The van der Waals surface area contributed by atoms with Crippen LogP contribution in [0.5, 0.6) is 0 Å². The summed E-state index contributed by atoms with van der Waals surface area (Å²) >= 11 is 0. The summed E-state index contributed by atoms with van der Waals surface area (Å²) in [4.78, 5) is 38.3. The number of ether oxygens (including phenoxy) is 6. The summed E-state index contributed by atoms with van der Waals surface area (Å²) in [5.41, 5.74) is 0. The second kappa shape index (κ2) is 40.7. The Morgan fingerprint density at radius 3 is 1.64 bits per heavy atom. The van der Waals surface area contributed by atoms with E-state index in [4.69, 9.17) is 28.4 Å². The van der Waals surface area contributed by atoms with Gasteiger partial charge in [-0.05, 0) is 19.3 Å². The lowest BCUT2D eigenvalue weighted by Crippen LogP contribution is -2.70. The second-order valence-electron chi connectivity index (χ2n) is 22.6. The molecule has 0 radical (unpaired) electrons. The first-order chi connectivity index (χ1) is 38.9. The number of hydrogen-bond acceptors (Lipinski definition) is 20. The van der Waals surface area contributed by atoms with E-state index in [9.17, 15) is 75.7 Å². The molecule has 23 heteroatoms.